The van der Waals surface area contributed by atoms with Crippen LogP contribution in [0.1, 0.15) is 12.0 Å². The van der Waals surface area contributed by atoms with Gasteiger partial charge >= 0.3 is 0 Å². The molecule has 2 aliphatic heterocycles. The van der Waals surface area contributed by atoms with E-state index in [-0.39, 0.29) is 23.8 Å². The molecule has 29 heavy (non-hydrogen) atoms. The first-order valence-electron chi connectivity index (χ1n) is 9.59. The summed E-state index contributed by atoms with van der Waals surface area (Å²) in [6.45, 7) is 2.01. The molecule has 1 amide bonds. The van der Waals surface area contributed by atoms with Gasteiger partial charge in [-0.15, -0.1) is 0 Å². The van der Waals surface area contributed by atoms with Gasteiger partial charge in [-0.1, -0.05) is 17.7 Å². The molecule has 1 saturated heterocycles. The molecule has 2 aromatic rings. The van der Waals surface area contributed by atoms with Crippen LogP contribution < -0.4 is 14.5 Å². The van der Waals surface area contributed by atoms with E-state index in [4.69, 9.17) is 9.47 Å². The Labute approximate surface area is 170 Å². The van der Waals surface area contributed by atoms with E-state index in [1.807, 2.05) is 60.4 Å². The van der Waals surface area contributed by atoms with E-state index in [9.17, 15) is 9.59 Å². The van der Waals surface area contributed by atoms with Gasteiger partial charge in [-0.25, -0.2) is 0 Å². The molecule has 2 aromatic carbocycles. The summed E-state index contributed by atoms with van der Waals surface area (Å²) in [6, 6.07) is 15.0. The van der Waals surface area contributed by atoms with Crippen LogP contribution in [0, 0.1) is 6.92 Å². The molecule has 0 aliphatic carbocycles. The number of anilines is 2. The average Bonchev–Trinajstić information content (AvgIpc) is 2.74. The molecule has 6 heteroatoms. The summed E-state index contributed by atoms with van der Waals surface area (Å²) in [7, 11) is 3.17. The number of ketones is 1. The molecular formula is C23H24N2O4. The Balaban J connectivity index is 1.70. The van der Waals surface area contributed by atoms with Gasteiger partial charge in [0.2, 0.25) is 0 Å². The molecule has 0 N–H and O–H groups in total. The molecule has 4 rings (SSSR count). The fraction of sp³-hybridized carbons (Fsp3) is 0.304. The van der Waals surface area contributed by atoms with Crippen LogP contribution in [0.2, 0.25) is 0 Å². The van der Waals surface area contributed by atoms with Crippen molar-refractivity contribution in [2.45, 2.75) is 31.5 Å². The molecule has 0 aromatic heterocycles. The number of aryl methyl sites for hydroxylation is 1. The minimum Gasteiger partial charge on any atom is -0.497 e. The molecule has 2 heterocycles. The first-order valence-corrected chi connectivity index (χ1v) is 9.59. The summed E-state index contributed by atoms with van der Waals surface area (Å²) in [5.74, 6) is 0.716. The van der Waals surface area contributed by atoms with Gasteiger partial charge in [0.15, 0.2) is 11.9 Å². The second-order valence-electron chi connectivity index (χ2n) is 7.35. The minimum absolute atomic E-state index is 0.0396. The van der Waals surface area contributed by atoms with Crippen molar-refractivity contribution in [3.05, 3.63) is 66.4 Å². The van der Waals surface area contributed by atoms with Gasteiger partial charge in [-0.2, -0.15) is 0 Å². The third-order valence-electron chi connectivity index (χ3n) is 5.61. The van der Waals surface area contributed by atoms with E-state index in [1.54, 1.807) is 31.4 Å². The highest BCUT2D eigenvalue weighted by Crippen LogP contribution is 2.37. The van der Waals surface area contributed by atoms with Crippen LogP contribution in [0.15, 0.2) is 60.8 Å². The van der Waals surface area contributed by atoms with E-state index in [0.29, 0.717) is 6.42 Å². The second-order valence-corrected chi connectivity index (χ2v) is 7.35. The lowest BCUT2D eigenvalue weighted by Crippen LogP contribution is -2.73. The molecule has 0 radical (unpaired) electrons. The number of hydrogen-bond acceptors (Lipinski definition) is 5. The Morgan fingerprint density at radius 3 is 2.21 bits per heavy atom. The van der Waals surface area contributed by atoms with Crippen molar-refractivity contribution in [2.24, 2.45) is 0 Å². The van der Waals surface area contributed by atoms with Crippen LogP contribution >= 0.6 is 0 Å². The zero-order valence-corrected chi connectivity index (χ0v) is 16.7. The van der Waals surface area contributed by atoms with Gasteiger partial charge in [-0.05, 0) is 49.4 Å². The summed E-state index contributed by atoms with van der Waals surface area (Å²) < 4.78 is 10.8. The van der Waals surface area contributed by atoms with Crippen LogP contribution in [-0.4, -0.2) is 44.1 Å². The highest BCUT2D eigenvalue weighted by Gasteiger charge is 2.54. The quantitative estimate of drug-likeness (QED) is 0.732. The topological polar surface area (TPSA) is 59.1 Å². The summed E-state index contributed by atoms with van der Waals surface area (Å²) >= 11 is 0. The number of benzene rings is 2. The second kappa shape index (κ2) is 7.72. The van der Waals surface area contributed by atoms with Crippen molar-refractivity contribution in [1.29, 1.82) is 0 Å². The highest BCUT2D eigenvalue weighted by molar-refractivity contribution is 6.06. The van der Waals surface area contributed by atoms with Gasteiger partial charge in [0.05, 0.1) is 19.2 Å². The van der Waals surface area contributed by atoms with Gasteiger partial charge in [-0.3, -0.25) is 9.59 Å². The zero-order chi connectivity index (χ0) is 20.5. The Hall–Kier alpha value is -3.12. The van der Waals surface area contributed by atoms with Crippen LogP contribution in [0.4, 0.5) is 11.4 Å². The van der Waals surface area contributed by atoms with Crippen LogP contribution in [0.25, 0.3) is 0 Å². The van der Waals surface area contributed by atoms with Crippen LogP contribution in [-0.2, 0) is 14.3 Å². The largest absolute Gasteiger partial charge is 0.497 e. The first kappa shape index (κ1) is 19.2. The molecule has 2 aliphatic rings. The zero-order valence-electron chi connectivity index (χ0n) is 16.7. The molecular weight excluding hydrogens is 368 g/mol. The number of hydrogen-bond donors (Lipinski definition) is 0. The predicted molar refractivity (Wildman–Crippen MR) is 111 cm³/mol. The lowest BCUT2D eigenvalue weighted by atomic mass is 9.84. The van der Waals surface area contributed by atoms with Crippen molar-refractivity contribution in [3.8, 4) is 5.75 Å². The smallest absolute Gasteiger partial charge is 0.258 e. The maximum absolute atomic E-state index is 12.8. The van der Waals surface area contributed by atoms with Gasteiger partial charge in [0.1, 0.15) is 5.75 Å². The third-order valence-corrected chi connectivity index (χ3v) is 5.61. The summed E-state index contributed by atoms with van der Waals surface area (Å²) in [6.07, 6.45) is 3.10. The highest BCUT2D eigenvalue weighted by atomic mass is 16.5. The number of allylic oxidation sites excluding steroid dienone is 1. The maximum Gasteiger partial charge on any atom is 0.258 e. The molecule has 1 fully saturated rings. The maximum atomic E-state index is 12.8. The molecule has 0 spiro atoms. The van der Waals surface area contributed by atoms with Crippen LogP contribution in [0.3, 0.4) is 0 Å². The molecule has 150 valence electrons. The van der Waals surface area contributed by atoms with Gasteiger partial charge in [0.25, 0.3) is 5.91 Å². The van der Waals surface area contributed by atoms with Crippen molar-refractivity contribution in [1.82, 2.24) is 0 Å². The van der Waals surface area contributed by atoms with E-state index >= 15 is 0 Å². The Bertz CT molecular complexity index is 936. The van der Waals surface area contributed by atoms with E-state index in [2.05, 4.69) is 0 Å². The van der Waals surface area contributed by atoms with Crippen molar-refractivity contribution < 1.29 is 19.1 Å². The molecule has 0 unspecified atom stereocenters. The standard InChI is InChI=1S/C23H24N2O4/c1-15-4-6-17(7-5-15)25-21(22(29-3)23(25)27)20-14-18(26)12-13-24(20)16-8-10-19(28-2)11-9-16/h4-13,20-22H,14H2,1-3H3/t20-,21+,22-/m1/s1. The van der Waals surface area contributed by atoms with Crippen LogP contribution in [0.5, 0.6) is 5.75 Å². The molecule has 0 saturated carbocycles. The summed E-state index contributed by atoms with van der Waals surface area (Å²) in [5, 5.41) is 0. The molecule has 3 atom stereocenters. The number of rotatable bonds is 5. The number of ether oxygens (including phenoxy) is 2. The SMILES string of the molecule is COc1ccc(N2C=CC(=O)C[C@@H]2[C@H]2[C@@H](OC)C(=O)N2c2ccc(C)cc2)cc1. The third kappa shape index (κ3) is 3.40. The lowest BCUT2D eigenvalue weighted by molar-refractivity contribution is -0.140. The fourth-order valence-electron chi connectivity index (χ4n) is 4.07. The van der Waals surface area contributed by atoms with Gasteiger partial charge in [0, 0.05) is 31.1 Å². The molecule has 0 bridgehead atoms. The number of carbonyl (C=O) groups is 2. The van der Waals surface area contributed by atoms with Crippen molar-refractivity contribution >= 4 is 23.1 Å². The fourth-order valence-corrected chi connectivity index (χ4v) is 4.07. The lowest BCUT2D eigenvalue weighted by Gasteiger charge is -2.52. The average molecular weight is 392 g/mol. The number of methoxy groups -OCH3 is 2. The van der Waals surface area contributed by atoms with Crippen molar-refractivity contribution in [3.63, 3.8) is 0 Å². The minimum atomic E-state index is -0.582. The predicted octanol–water partition coefficient (Wildman–Crippen LogP) is 3.10. The Morgan fingerprint density at radius 1 is 0.931 bits per heavy atom. The Kier molecular flexibility index (Phi) is 5.11. The number of β-lactam (4-membered cyclic amide) rings is 1. The van der Waals surface area contributed by atoms with Gasteiger partial charge < -0.3 is 19.3 Å². The van der Waals surface area contributed by atoms with E-state index in [0.717, 1.165) is 22.7 Å². The number of carbonyl (C=O) groups excluding carboxylic acids is 2. The first-order chi connectivity index (χ1) is 14.0. The molecule has 6 nitrogen and oxygen atoms in total. The monoisotopic (exact) mass is 392 g/mol. The van der Waals surface area contributed by atoms with Crippen molar-refractivity contribution in [2.75, 3.05) is 24.0 Å². The van der Waals surface area contributed by atoms with E-state index < -0.39 is 6.10 Å². The summed E-state index contributed by atoms with van der Waals surface area (Å²) in [4.78, 5) is 28.9. The normalized spacial score (nSPS) is 23.9. The van der Waals surface area contributed by atoms with E-state index in [1.165, 1.54) is 0 Å². The number of amides is 1. The summed E-state index contributed by atoms with van der Waals surface area (Å²) in [5.41, 5.74) is 2.87. The Morgan fingerprint density at radius 2 is 1.59 bits per heavy atom. The number of nitrogens with zero attached hydrogens (tertiary/aromatic N) is 2.